The first-order valence-electron chi connectivity index (χ1n) is 8.34. The van der Waals surface area contributed by atoms with Crippen LogP contribution in [0.25, 0.3) is 0 Å². The van der Waals surface area contributed by atoms with Crippen molar-refractivity contribution in [1.29, 1.82) is 0 Å². The van der Waals surface area contributed by atoms with E-state index in [-0.39, 0.29) is 18.4 Å². The molecular weight excluding hydrogens is 320 g/mol. The monoisotopic (exact) mass is 342 g/mol. The zero-order valence-corrected chi connectivity index (χ0v) is 14.2. The predicted octanol–water partition coefficient (Wildman–Crippen LogP) is 0.988. The van der Waals surface area contributed by atoms with Crippen molar-refractivity contribution < 1.29 is 14.3 Å². The second-order valence-electron chi connectivity index (χ2n) is 6.01. The zero-order valence-electron chi connectivity index (χ0n) is 14.2. The molecule has 1 aliphatic heterocycles. The summed E-state index contributed by atoms with van der Waals surface area (Å²) in [5.74, 6) is -0.328. The van der Waals surface area contributed by atoms with E-state index in [2.05, 4.69) is 10.4 Å². The molecule has 1 fully saturated rings. The molecule has 3 rings (SSSR count). The number of carbonyl (C=O) groups excluding carboxylic acids is 2. The van der Waals surface area contributed by atoms with Gasteiger partial charge in [0.1, 0.15) is 6.61 Å². The van der Waals surface area contributed by atoms with Crippen LogP contribution in [-0.2, 0) is 20.9 Å². The number of carbonyl (C=O) groups is 2. The summed E-state index contributed by atoms with van der Waals surface area (Å²) >= 11 is 0. The number of rotatable bonds is 6. The molecule has 1 N–H and O–H groups in total. The minimum Gasteiger partial charge on any atom is -0.356 e. The minimum atomic E-state index is -0.713. The molecule has 2 aromatic rings. The summed E-state index contributed by atoms with van der Waals surface area (Å²) in [4.78, 5) is 26.2. The van der Waals surface area contributed by atoms with Gasteiger partial charge in [-0.25, -0.2) is 0 Å². The van der Waals surface area contributed by atoms with E-state index in [1.165, 1.54) is 0 Å². The average Bonchev–Trinajstić information content (AvgIpc) is 3.15. The second kappa shape index (κ2) is 7.94. The van der Waals surface area contributed by atoms with E-state index in [1.54, 1.807) is 18.1 Å². The van der Waals surface area contributed by atoms with Gasteiger partial charge in [-0.2, -0.15) is 5.10 Å². The fourth-order valence-corrected chi connectivity index (χ4v) is 2.97. The van der Waals surface area contributed by atoms with Crippen LogP contribution >= 0.6 is 0 Å². The minimum absolute atomic E-state index is 0.0782. The molecular formula is C18H22N4O3. The third-order valence-electron chi connectivity index (χ3n) is 4.31. The molecule has 0 unspecified atom stereocenters. The number of benzene rings is 1. The molecule has 1 saturated heterocycles. The number of morpholine rings is 1. The Kier molecular flexibility index (Phi) is 5.45. The van der Waals surface area contributed by atoms with Gasteiger partial charge in [0.25, 0.3) is 5.91 Å². The molecule has 2 amide bonds. The number of amides is 2. The molecule has 0 bridgehead atoms. The molecule has 0 spiro atoms. The third kappa shape index (κ3) is 4.06. The molecule has 1 aromatic heterocycles. The number of nitrogens with one attached hydrogen (secondary N) is 1. The Bertz CT molecular complexity index is 702. The first-order chi connectivity index (χ1) is 12.2. The van der Waals surface area contributed by atoms with Crippen LogP contribution in [0.15, 0.2) is 48.8 Å². The maximum atomic E-state index is 12.6. The summed E-state index contributed by atoms with van der Waals surface area (Å²) in [6.07, 6.45) is 3.67. The van der Waals surface area contributed by atoms with E-state index >= 15 is 0 Å². The smallest absolute Gasteiger partial charge is 0.251 e. The molecule has 1 aliphatic rings. The number of aromatic nitrogens is 2. The quantitative estimate of drug-likeness (QED) is 0.794. The first-order valence-corrected chi connectivity index (χ1v) is 8.34. The van der Waals surface area contributed by atoms with E-state index in [9.17, 15) is 9.59 Å². The van der Waals surface area contributed by atoms with Gasteiger partial charge in [0.05, 0.1) is 6.04 Å². The van der Waals surface area contributed by atoms with E-state index in [4.69, 9.17) is 4.74 Å². The number of hydrogen-bond acceptors (Lipinski definition) is 4. The van der Waals surface area contributed by atoms with Gasteiger partial charge in [0.15, 0.2) is 6.10 Å². The number of nitrogens with zero attached hydrogens (tertiary/aromatic N) is 3. The first kappa shape index (κ1) is 17.2. The Labute approximate surface area is 146 Å². The molecule has 25 heavy (non-hydrogen) atoms. The fraction of sp³-hybridized carbons (Fsp3) is 0.389. The summed E-state index contributed by atoms with van der Waals surface area (Å²) in [6, 6.07) is 10.9. The fourth-order valence-electron chi connectivity index (χ4n) is 2.97. The van der Waals surface area contributed by atoms with Gasteiger partial charge in [-0.3, -0.25) is 14.3 Å². The normalized spacial score (nSPS) is 20.5. The van der Waals surface area contributed by atoms with Crippen molar-refractivity contribution in [3.8, 4) is 0 Å². The highest BCUT2D eigenvalue weighted by Crippen LogP contribution is 2.28. The lowest BCUT2D eigenvalue weighted by Gasteiger charge is -2.38. The Hall–Kier alpha value is -2.67. The Morgan fingerprint density at radius 1 is 1.32 bits per heavy atom. The van der Waals surface area contributed by atoms with Gasteiger partial charge >= 0.3 is 0 Å². The molecule has 7 nitrogen and oxygen atoms in total. The van der Waals surface area contributed by atoms with Crippen LogP contribution in [0.2, 0.25) is 0 Å². The largest absolute Gasteiger partial charge is 0.356 e. The van der Waals surface area contributed by atoms with Crippen LogP contribution < -0.4 is 5.32 Å². The standard InChI is InChI=1S/C18H22N4O3/c1-21-15(23)13-25-17(16(21)14-7-3-2-4-8-14)18(24)19-9-5-11-22-12-6-10-20-22/h2-4,6-8,10,12,16-17H,5,9,11,13H2,1H3,(H,19,24)/t16-,17-/m0/s1. The highest BCUT2D eigenvalue weighted by atomic mass is 16.5. The van der Waals surface area contributed by atoms with Crippen molar-refractivity contribution in [2.75, 3.05) is 20.2 Å². The lowest BCUT2D eigenvalue weighted by atomic mass is 9.97. The Balaban J connectivity index is 1.61. The van der Waals surface area contributed by atoms with E-state index in [0.29, 0.717) is 6.54 Å². The van der Waals surface area contributed by atoms with Crippen LogP contribution in [0.3, 0.4) is 0 Å². The SMILES string of the molecule is CN1C(=O)CO[C@H](C(=O)NCCCn2cccn2)[C@@H]1c1ccccc1. The number of ether oxygens (including phenoxy) is 1. The molecule has 2 heterocycles. The van der Waals surface area contributed by atoms with Crippen molar-refractivity contribution in [3.05, 3.63) is 54.4 Å². The van der Waals surface area contributed by atoms with E-state index in [0.717, 1.165) is 18.5 Å². The number of aryl methyl sites for hydroxylation is 1. The van der Waals surface area contributed by atoms with Gasteiger partial charge in [-0.05, 0) is 18.1 Å². The van der Waals surface area contributed by atoms with E-state index < -0.39 is 12.1 Å². The molecule has 132 valence electrons. The van der Waals surface area contributed by atoms with Crippen molar-refractivity contribution in [1.82, 2.24) is 20.0 Å². The average molecular weight is 342 g/mol. The van der Waals surface area contributed by atoms with Gasteiger partial charge < -0.3 is 15.0 Å². The summed E-state index contributed by atoms with van der Waals surface area (Å²) in [6.45, 7) is 1.18. The summed E-state index contributed by atoms with van der Waals surface area (Å²) in [5, 5.41) is 7.03. The Morgan fingerprint density at radius 3 is 2.84 bits per heavy atom. The Morgan fingerprint density at radius 2 is 2.12 bits per heavy atom. The number of hydrogen-bond donors (Lipinski definition) is 1. The molecule has 0 saturated carbocycles. The van der Waals surface area contributed by atoms with Gasteiger partial charge in [0, 0.05) is 32.5 Å². The van der Waals surface area contributed by atoms with Crippen molar-refractivity contribution in [2.24, 2.45) is 0 Å². The van der Waals surface area contributed by atoms with Crippen molar-refractivity contribution >= 4 is 11.8 Å². The van der Waals surface area contributed by atoms with Crippen LogP contribution in [0.1, 0.15) is 18.0 Å². The topological polar surface area (TPSA) is 76.5 Å². The lowest BCUT2D eigenvalue weighted by Crippen LogP contribution is -2.53. The predicted molar refractivity (Wildman–Crippen MR) is 91.5 cm³/mol. The summed E-state index contributed by atoms with van der Waals surface area (Å²) in [7, 11) is 1.71. The highest BCUT2D eigenvalue weighted by Gasteiger charge is 2.39. The van der Waals surface area contributed by atoms with Crippen LogP contribution in [0, 0.1) is 0 Å². The summed E-state index contributed by atoms with van der Waals surface area (Å²) in [5.41, 5.74) is 0.884. The molecule has 1 aromatic carbocycles. The molecule has 0 radical (unpaired) electrons. The van der Waals surface area contributed by atoms with Gasteiger partial charge in [-0.15, -0.1) is 0 Å². The zero-order chi connectivity index (χ0) is 17.6. The molecule has 2 atom stereocenters. The van der Waals surface area contributed by atoms with Crippen LogP contribution in [-0.4, -0.2) is 52.8 Å². The summed E-state index contributed by atoms with van der Waals surface area (Å²) < 4.78 is 7.39. The van der Waals surface area contributed by atoms with Gasteiger partial charge in [0.2, 0.25) is 5.91 Å². The maximum absolute atomic E-state index is 12.6. The molecule has 7 heteroatoms. The van der Waals surface area contributed by atoms with Gasteiger partial charge in [-0.1, -0.05) is 30.3 Å². The van der Waals surface area contributed by atoms with E-state index in [1.807, 2.05) is 47.3 Å². The molecule has 0 aliphatic carbocycles. The third-order valence-corrected chi connectivity index (χ3v) is 4.31. The van der Waals surface area contributed by atoms with Crippen molar-refractivity contribution in [2.45, 2.75) is 25.1 Å². The van der Waals surface area contributed by atoms with Crippen LogP contribution in [0.5, 0.6) is 0 Å². The maximum Gasteiger partial charge on any atom is 0.251 e. The second-order valence-corrected chi connectivity index (χ2v) is 6.01. The van der Waals surface area contributed by atoms with Crippen LogP contribution in [0.4, 0.5) is 0 Å². The number of likely N-dealkylation sites (N-methyl/N-ethyl adjacent to an activating group) is 1. The van der Waals surface area contributed by atoms with Crippen molar-refractivity contribution in [3.63, 3.8) is 0 Å². The lowest BCUT2D eigenvalue weighted by molar-refractivity contribution is -0.162. The highest BCUT2D eigenvalue weighted by molar-refractivity contribution is 5.86.